The van der Waals surface area contributed by atoms with E-state index >= 15 is 0 Å². The molecule has 0 saturated heterocycles. The van der Waals surface area contributed by atoms with Gasteiger partial charge in [0.25, 0.3) is 0 Å². The molecule has 1 atom stereocenters. The first-order chi connectivity index (χ1) is 9.50. The largest absolute Gasteiger partial charge is 0.376 e. The number of hydrogen-bond acceptors (Lipinski definition) is 3. The fraction of sp³-hybridized carbons (Fsp3) is 0.364. The maximum absolute atomic E-state index is 14.1. The predicted octanol–water partition coefficient (Wildman–Crippen LogP) is 1.17. The SMILES string of the molecule is CNS(=O)(=O)CC(C)(NC(N)=S)c1cc(I)cc(F)c1F. The maximum Gasteiger partial charge on any atom is 0.213 e. The molecule has 1 unspecified atom stereocenters. The minimum absolute atomic E-state index is 0.168. The van der Waals surface area contributed by atoms with E-state index in [-0.39, 0.29) is 10.7 Å². The third-order valence-electron chi connectivity index (χ3n) is 2.78. The Labute approximate surface area is 140 Å². The smallest absolute Gasteiger partial charge is 0.213 e. The van der Waals surface area contributed by atoms with Crippen molar-refractivity contribution in [3.8, 4) is 0 Å². The van der Waals surface area contributed by atoms with Crippen LogP contribution in [0.15, 0.2) is 12.1 Å². The highest BCUT2D eigenvalue weighted by molar-refractivity contribution is 14.1. The molecule has 0 spiro atoms. The fourth-order valence-electron chi connectivity index (χ4n) is 1.86. The van der Waals surface area contributed by atoms with Gasteiger partial charge in [-0.15, -0.1) is 0 Å². The normalized spacial score (nSPS) is 14.5. The van der Waals surface area contributed by atoms with Gasteiger partial charge in [0, 0.05) is 9.13 Å². The highest BCUT2D eigenvalue weighted by Gasteiger charge is 2.36. The van der Waals surface area contributed by atoms with E-state index in [0.29, 0.717) is 3.57 Å². The first-order valence-electron chi connectivity index (χ1n) is 5.64. The van der Waals surface area contributed by atoms with E-state index in [9.17, 15) is 17.2 Å². The van der Waals surface area contributed by atoms with Crippen LogP contribution in [0.4, 0.5) is 8.78 Å². The predicted molar refractivity (Wildman–Crippen MR) is 89.2 cm³/mol. The van der Waals surface area contributed by atoms with Crippen molar-refractivity contribution in [2.75, 3.05) is 12.8 Å². The van der Waals surface area contributed by atoms with Gasteiger partial charge >= 0.3 is 0 Å². The molecule has 0 aromatic heterocycles. The van der Waals surface area contributed by atoms with Crippen LogP contribution in [0.1, 0.15) is 12.5 Å². The highest BCUT2D eigenvalue weighted by Crippen LogP contribution is 2.28. The van der Waals surface area contributed by atoms with Gasteiger partial charge in [0.2, 0.25) is 10.0 Å². The average Bonchev–Trinajstić information content (AvgIpc) is 2.31. The van der Waals surface area contributed by atoms with Crippen molar-refractivity contribution < 1.29 is 17.2 Å². The second-order valence-electron chi connectivity index (χ2n) is 4.53. The molecule has 1 aromatic carbocycles. The molecule has 10 heteroatoms. The van der Waals surface area contributed by atoms with Crippen LogP contribution in [0.3, 0.4) is 0 Å². The minimum atomic E-state index is -3.73. The van der Waals surface area contributed by atoms with Crippen LogP contribution in [0.2, 0.25) is 0 Å². The molecule has 5 nitrogen and oxygen atoms in total. The summed E-state index contributed by atoms with van der Waals surface area (Å²) in [5.74, 6) is -2.78. The number of hydrogen-bond donors (Lipinski definition) is 3. The number of nitrogens with two attached hydrogens (primary N) is 1. The van der Waals surface area contributed by atoms with Crippen LogP contribution in [-0.2, 0) is 15.6 Å². The fourth-order valence-corrected chi connectivity index (χ4v) is 3.80. The zero-order chi connectivity index (χ0) is 16.4. The summed E-state index contributed by atoms with van der Waals surface area (Å²) in [5.41, 5.74) is 3.71. The maximum atomic E-state index is 14.1. The quantitative estimate of drug-likeness (QED) is 0.357. The zero-order valence-corrected chi connectivity index (χ0v) is 15.0. The van der Waals surface area contributed by atoms with Crippen LogP contribution < -0.4 is 15.8 Å². The van der Waals surface area contributed by atoms with E-state index < -0.39 is 32.9 Å². The summed E-state index contributed by atoms with van der Waals surface area (Å²) in [5, 5.41) is 2.32. The van der Waals surface area contributed by atoms with Crippen molar-refractivity contribution in [1.82, 2.24) is 10.0 Å². The molecule has 1 rings (SSSR count). The van der Waals surface area contributed by atoms with Crippen LogP contribution in [0, 0.1) is 15.2 Å². The monoisotopic (exact) mass is 449 g/mol. The Morgan fingerprint density at radius 1 is 1.48 bits per heavy atom. The number of benzene rings is 1. The van der Waals surface area contributed by atoms with E-state index in [1.165, 1.54) is 20.0 Å². The van der Waals surface area contributed by atoms with Crippen LogP contribution in [0.25, 0.3) is 0 Å². The second-order valence-corrected chi connectivity index (χ2v) is 8.15. The summed E-state index contributed by atoms with van der Waals surface area (Å²) in [6.07, 6.45) is 0. The molecule has 0 aliphatic rings. The van der Waals surface area contributed by atoms with Gasteiger partial charge in [-0.05, 0) is 60.9 Å². The zero-order valence-electron chi connectivity index (χ0n) is 11.2. The molecule has 0 fully saturated rings. The molecule has 0 aliphatic heterocycles. The van der Waals surface area contributed by atoms with Crippen molar-refractivity contribution in [1.29, 1.82) is 0 Å². The van der Waals surface area contributed by atoms with Gasteiger partial charge < -0.3 is 11.1 Å². The molecule has 0 saturated carbocycles. The summed E-state index contributed by atoms with van der Waals surface area (Å²) >= 11 is 6.52. The van der Waals surface area contributed by atoms with Gasteiger partial charge in [-0.1, -0.05) is 0 Å². The molecular formula is C11H14F2IN3O2S2. The number of rotatable bonds is 5. The molecular weight excluding hydrogens is 435 g/mol. The molecule has 118 valence electrons. The van der Waals surface area contributed by atoms with Crippen molar-refractivity contribution in [2.24, 2.45) is 5.73 Å². The summed E-state index contributed by atoms with van der Waals surface area (Å²) in [6, 6.07) is 2.35. The minimum Gasteiger partial charge on any atom is -0.376 e. The molecule has 0 aliphatic carbocycles. The number of halogens is 3. The number of thiocarbonyl (C=S) groups is 1. The lowest BCUT2D eigenvalue weighted by Gasteiger charge is -2.31. The first-order valence-corrected chi connectivity index (χ1v) is 8.78. The molecule has 0 bridgehead atoms. The summed E-state index contributed by atoms with van der Waals surface area (Å²) in [6.45, 7) is 1.38. The van der Waals surface area contributed by atoms with Crippen molar-refractivity contribution in [3.63, 3.8) is 0 Å². The van der Waals surface area contributed by atoms with Crippen molar-refractivity contribution >= 4 is 49.9 Å². The van der Waals surface area contributed by atoms with Gasteiger partial charge in [0.1, 0.15) is 0 Å². The Bertz CT molecular complexity index is 670. The van der Waals surface area contributed by atoms with Crippen molar-refractivity contribution in [3.05, 3.63) is 32.9 Å². The Morgan fingerprint density at radius 3 is 2.52 bits per heavy atom. The van der Waals surface area contributed by atoms with Crippen molar-refractivity contribution in [2.45, 2.75) is 12.5 Å². The molecule has 0 radical (unpaired) electrons. The van der Waals surface area contributed by atoms with E-state index in [4.69, 9.17) is 18.0 Å². The lowest BCUT2D eigenvalue weighted by Crippen LogP contribution is -2.52. The highest BCUT2D eigenvalue weighted by atomic mass is 127. The summed E-state index contributed by atoms with van der Waals surface area (Å²) < 4.78 is 53.8. The summed E-state index contributed by atoms with van der Waals surface area (Å²) in [7, 11) is -2.51. The molecule has 0 amide bonds. The van der Waals surface area contributed by atoms with E-state index in [0.717, 1.165) is 6.07 Å². The second kappa shape index (κ2) is 6.67. The number of sulfonamides is 1. The third kappa shape index (κ3) is 4.69. The Morgan fingerprint density at radius 2 is 2.05 bits per heavy atom. The van der Waals surface area contributed by atoms with Crippen LogP contribution >= 0.6 is 34.8 Å². The van der Waals surface area contributed by atoms with E-state index in [2.05, 4.69) is 10.0 Å². The van der Waals surface area contributed by atoms with E-state index in [1.54, 1.807) is 22.6 Å². The van der Waals surface area contributed by atoms with Crippen LogP contribution in [0.5, 0.6) is 0 Å². The lowest BCUT2D eigenvalue weighted by atomic mass is 9.93. The number of nitrogens with one attached hydrogen (secondary N) is 2. The Balaban J connectivity index is 3.48. The molecule has 0 heterocycles. The Kier molecular flexibility index (Phi) is 5.86. The molecule has 1 aromatic rings. The molecule has 4 N–H and O–H groups in total. The molecule has 21 heavy (non-hydrogen) atoms. The third-order valence-corrected chi connectivity index (χ3v) is 5.08. The van der Waals surface area contributed by atoms with Gasteiger partial charge in [-0.25, -0.2) is 21.9 Å². The van der Waals surface area contributed by atoms with Gasteiger partial charge in [0.15, 0.2) is 16.7 Å². The standard InChI is InChI=1S/C11H14F2IN3O2S2/c1-11(17-10(15)20,5-21(18,19)16-2)7-3-6(14)4-8(12)9(7)13/h3-4,16H,5H2,1-2H3,(H3,15,17,20). The average molecular weight is 449 g/mol. The summed E-state index contributed by atoms with van der Waals surface area (Å²) in [4.78, 5) is 0. The van der Waals surface area contributed by atoms with Gasteiger partial charge in [0.05, 0.1) is 11.3 Å². The first kappa shape index (κ1) is 18.5. The topological polar surface area (TPSA) is 84.2 Å². The van der Waals surface area contributed by atoms with Gasteiger partial charge in [-0.2, -0.15) is 0 Å². The van der Waals surface area contributed by atoms with E-state index in [1.807, 2.05) is 0 Å². The lowest BCUT2D eigenvalue weighted by molar-refractivity contribution is 0.424. The van der Waals surface area contributed by atoms with Crippen LogP contribution in [-0.4, -0.2) is 26.3 Å². The van der Waals surface area contributed by atoms with Gasteiger partial charge in [-0.3, -0.25) is 0 Å². The Hall–Kier alpha value is -0.590.